The van der Waals surface area contributed by atoms with Gasteiger partial charge in [0.25, 0.3) is 0 Å². The number of hydrogen-bond acceptors (Lipinski definition) is 5. The average molecular weight is 409 g/mol. The van der Waals surface area contributed by atoms with E-state index in [1.165, 1.54) is 5.56 Å². The third kappa shape index (κ3) is 6.59. The van der Waals surface area contributed by atoms with Crippen LogP contribution in [-0.2, 0) is 17.7 Å². The fourth-order valence-corrected chi connectivity index (χ4v) is 2.80. The van der Waals surface area contributed by atoms with E-state index in [4.69, 9.17) is 9.47 Å². The first-order chi connectivity index (χ1) is 14.8. The monoisotopic (exact) mass is 408 g/mol. The molecule has 0 aliphatic rings. The van der Waals surface area contributed by atoms with Gasteiger partial charge in [0.1, 0.15) is 6.61 Å². The standard InChI is InChI=1S/C22H28N6O2/c1-23-22(26-17-19-6-9-21(25-16-19)30-15-14-29-2)24-12-10-18-4-7-20(8-5-18)28-13-3-11-27-28/h3-9,11,13,16H,10,12,14-15,17H2,1-2H3,(H2,23,24,26). The number of benzene rings is 1. The number of pyridine rings is 1. The average Bonchev–Trinajstić information content (AvgIpc) is 3.33. The lowest BCUT2D eigenvalue weighted by Crippen LogP contribution is -2.37. The van der Waals surface area contributed by atoms with Crippen molar-refractivity contribution in [1.82, 2.24) is 25.4 Å². The van der Waals surface area contributed by atoms with Crippen LogP contribution in [0, 0.1) is 0 Å². The molecule has 3 rings (SSSR count). The minimum Gasteiger partial charge on any atom is -0.475 e. The van der Waals surface area contributed by atoms with E-state index in [1.54, 1.807) is 26.6 Å². The third-order valence-corrected chi connectivity index (χ3v) is 4.43. The highest BCUT2D eigenvalue weighted by Crippen LogP contribution is 2.09. The molecule has 0 aliphatic carbocycles. The van der Waals surface area contributed by atoms with Gasteiger partial charge in [0.2, 0.25) is 5.88 Å². The zero-order valence-corrected chi connectivity index (χ0v) is 17.4. The molecule has 0 saturated carbocycles. The van der Waals surface area contributed by atoms with Crippen molar-refractivity contribution >= 4 is 5.96 Å². The molecule has 0 saturated heterocycles. The Labute approximate surface area is 177 Å². The van der Waals surface area contributed by atoms with Crippen molar-refractivity contribution in [2.75, 3.05) is 33.9 Å². The molecule has 2 N–H and O–H groups in total. The van der Waals surface area contributed by atoms with Crippen LogP contribution in [0.4, 0.5) is 0 Å². The molecule has 0 aliphatic heterocycles. The zero-order chi connectivity index (χ0) is 21.0. The number of guanidine groups is 1. The van der Waals surface area contributed by atoms with Crippen LogP contribution in [0.1, 0.15) is 11.1 Å². The Balaban J connectivity index is 1.39. The smallest absolute Gasteiger partial charge is 0.213 e. The van der Waals surface area contributed by atoms with Gasteiger partial charge in [-0.3, -0.25) is 4.99 Å². The van der Waals surface area contributed by atoms with Crippen LogP contribution < -0.4 is 15.4 Å². The number of methoxy groups -OCH3 is 1. The van der Waals surface area contributed by atoms with Crippen LogP contribution in [0.3, 0.4) is 0 Å². The molecule has 0 amide bonds. The second kappa shape index (κ2) is 11.6. The summed E-state index contributed by atoms with van der Waals surface area (Å²) >= 11 is 0. The number of nitrogens with zero attached hydrogens (tertiary/aromatic N) is 4. The maximum Gasteiger partial charge on any atom is 0.213 e. The van der Waals surface area contributed by atoms with Crippen molar-refractivity contribution in [2.45, 2.75) is 13.0 Å². The maximum absolute atomic E-state index is 5.47. The summed E-state index contributed by atoms with van der Waals surface area (Å²) in [5.74, 6) is 1.35. The van der Waals surface area contributed by atoms with Gasteiger partial charge < -0.3 is 20.1 Å². The molecule has 3 aromatic rings. The Hall–Kier alpha value is -3.39. The van der Waals surface area contributed by atoms with E-state index in [-0.39, 0.29) is 0 Å². The van der Waals surface area contributed by atoms with Crippen LogP contribution >= 0.6 is 0 Å². The molecule has 8 nitrogen and oxygen atoms in total. The van der Waals surface area contributed by atoms with E-state index >= 15 is 0 Å². The van der Waals surface area contributed by atoms with E-state index in [0.717, 1.165) is 30.2 Å². The number of aromatic nitrogens is 3. The largest absolute Gasteiger partial charge is 0.475 e. The molecule has 0 unspecified atom stereocenters. The zero-order valence-electron chi connectivity index (χ0n) is 17.4. The Morgan fingerprint density at radius 3 is 2.57 bits per heavy atom. The Morgan fingerprint density at radius 2 is 1.90 bits per heavy atom. The van der Waals surface area contributed by atoms with E-state index < -0.39 is 0 Å². The van der Waals surface area contributed by atoms with Gasteiger partial charge in [-0.25, -0.2) is 9.67 Å². The van der Waals surface area contributed by atoms with Crippen molar-refractivity contribution in [3.8, 4) is 11.6 Å². The normalized spacial score (nSPS) is 11.3. The molecule has 0 spiro atoms. The van der Waals surface area contributed by atoms with Gasteiger partial charge in [0.05, 0.1) is 12.3 Å². The lowest BCUT2D eigenvalue weighted by atomic mass is 10.1. The third-order valence-electron chi connectivity index (χ3n) is 4.43. The van der Waals surface area contributed by atoms with E-state index in [2.05, 4.69) is 50.0 Å². The van der Waals surface area contributed by atoms with Crippen LogP contribution in [0.5, 0.6) is 5.88 Å². The van der Waals surface area contributed by atoms with Crippen molar-refractivity contribution in [3.63, 3.8) is 0 Å². The van der Waals surface area contributed by atoms with E-state index in [9.17, 15) is 0 Å². The van der Waals surface area contributed by atoms with Crippen LogP contribution in [-0.4, -0.2) is 54.6 Å². The second-order valence-electron chi connectivity index (χ2n) is 6.57. The molecule has 30 heavy (non-hydrogen) atoms. The molecule has 0 atom stereocenters. The molecule has 2 heterocycles. The molecular weight excluding hydrogens is 380 g/mol. The highest BCUT2D eigenvalue weighted by Gasteiger charge is 2.02. The number of rotatable bonds is 10. The van der Waals surface area contributed by atoms with Crippen molar-refractivity contribution < 1.29 is 9.47 Å². The number of nitrogens with one attached hydrogen (secondary N) is 2. The number of hydrogen-bond donors (Lipinski definition) is 2. The highest BCUT2D eigenvalue weighted by molar-refractivity contribution is 5.79. The van der Waals surface area contributed by atoms with Crippen molar-refractivity contribution in [2.24, 2.45) is 4.99 Å². The Morgan fingerprint density at radius 1 is 1.07 bits per heavy atom. The topological polar surface area (TPSA) is 85.6 Å². The minimum atomic E-state index is 0.490. The van der Waals surface area contributed by atoms with Gasteiger partial charge in [-0.15, -0.1) is 0 Å². The van der Waals surface area contributed by atoms with Gasteiger partial charge in [-0.05, 0) is 35.7 Å². The molecule has 0 radical (unpaired) electrons. The van der Waals surface area contributed by atoms with Gasteiger partial charge in [0, 0.05) is 51.9 Å². The van der Waals surface area contributed by atoms with Gasteiger partial charge in [-0.2, -0.15) is 5.10 Å². The first kappa shape index (κ1) is 21.3. The van der Waals surface area contributed by atoms with E-state index in [1.807, 2.05) is 29.1 Å². The fraction of sp³-hybridized carbons (Fsp3) is 0.318. The SMILES string of the molecule is CN=C(NCCc1ccc(-n2cccn2)cc1)NCc1ccc(OCCOC)nc1. The summed E-state index contributed by atoms with van der Waals surface area (Å²) in [5.41, 5.74) is 3.35. The molecule has 8 heteroatoms. The highest BCUT2D eigenvalue weighted by atomic mass is 16.5. The summed E-state index contributed by atoms with van der Waals surface area (Å²) in [6.07, 6.45) is 6.40. The number of ether oxygens (including phenoxy) is 2. The Kier molecular flexibility index (Phi) is 8.23. The minimum absolute atomic E-state index is 0.490. The second-order valence-corrected chi connectivity index (χ2v) is 6.57. The summed E-state index contributed by atoms with van der Waals surface area (Å²) in [6.45, 7) is 2.44. The van der Waals surface area contributed by atoms with E-state index in [0.29, 0.717) is 25.6 Å². The van der Waals surface area contributed by atoms with Crippen LogP contribution in [0.25, 0.3) is 5.69 Å². The molecular formula is C22H28N6O2. The van der Waals surface area contributed by atoms with Crippen LogP contribution in [0.2, 0.25) is 0 Å². The van der Waals surface area contributed by atoms with Gasteiger partial charge in [-0.1, -0.05) is 18.2 Å². The van der Waals surface area contributed by atoms with Gasteiger partial charge >= 0.3 is 0 Å². The summed E-state index contributed by atoms with van der Waals surface area (Å²) in [7, 11) is 3.41. The summed E-state index contributed by atoms with van der Waals surface area (Å²) in [5, 5.41) is 10.9. The molecule has 0 fully saturated rings. The van der Waals surface area contributed by atoms with Crippen molar-refractivity contribution in [1.29, 1.82) is 0 Å². The molecule has 158 valence electrons. The molecule has 1 aromatic carbocycles. The summed E-state index contributed by atoms with van der Waals surface area (Å²) in [4.78, 5) is 8.57. The predicted octanol–water partition coefficient (Wildman–Crippen LogP) is 2.20. The maximum atomic E-state index is 5.47. The first-order valence-electron chi connectivity index (χ1n) is 9.88. The predicted molar refractivity (Wildman–Crippen MR) is 117 cm³/mol. The quantitative estimate of drug-likeness (QED) is 0.304. The first-order valence-corrected chi connectivity index (χ1v) is 9.88. The summed E-state index contributed by atoms with van der Waals surface area (Å²) < 4.78 is 12.3. The fourth-order valence-electron chi connectivity index (χ4n) is 2.80. The Bertz CT molecular complexity index is 892. The number of aliphatic imine (C=N–C) groups is 1. The lowest BCUT2D eigenvalue weighted by molar-refractivity contribution is 0.143. The summed E-state index contributed by atoms with van der Waals surface area (Å²) in [6, 6.07) is 14.1. The van der Waals surface area contributed by atoms with Gasteiger partial charge in [0.15, 0.2) is 5.96 Å². The lowest BCUT2D eigenvalue weighted by Gasteiger charge is -2.12. The van der Waals surface area contributed by atoms with Crippen molar-refractivity contribution in [3.05, 3.63) is 72.2 Å². The molecule has 0 bridgehead atoms. The van der Waals surface area contributed by atoms with Crippen LogP contribution in [0.15, 0.2) is 66.0 Å². The molecule has 2 aromatic heterocycles.